The van der Waals surface area contributed by atoms with E-state index in [9.17, 15) is 4.79 Å². The largest absolute Gasteiger partial charge is 0.493 e. The zero-order chi connectivity index (χ0) is 25.2. The lowest BCUT2D eigenvalue weighted by atomic mass is 10.1. The fourth-order valence-electron chi connectivity index (χ4n) is 4.04. The standard InChI is InChI=1S/C28H33N5O3/c1-21(2)33(28(34)23-16-14-22(15-17-23)25-12-9-19-36-25)20-24-10-6-7-11-26(24)35-18-8-4-3-5-13-27-29-31-32-30-27/h6-7,9-12,14-17,19,21H,3-5,8,13,18,20H2,1-2H3,(H,29,30,31,32). The van der Waals surface area contributed by atoms with E-state index in [2.05, 4.69) is 20.6 Å². The number of benzene rings is 2. The molecule has 0 aliphatic carbocycles. The Bertz CT molecular complexity index is 1190. The SMILES string of the molecule is CC(C)N(Cc1ccccc1OCCCCCCc1nn[nH]n1)C(=O)c1ccc(-c2ccco2)cc1. The van der Waals surface area contributed by atoms with Gasteiger partial charge in [0.25, 0.3) is 5.91 Å². The van der Waals surface area contributed by atoms with Gasteiger partial charge in [0.2, 0.25) is 0 Å². The summed E-state index contributed by atoms with van der Waals surface area (Å²) in [6.07, 6.45) is 6.65. The number of furan rings is 1. The molecular weight excluding hydrogens is 454 g/mol. The van der Waals surface area contributed by atoms with Gasteiger partial charge >= 0.3 is 0 Å². The number of aromatic nitrogens is 4. The first kappa shape index (κ1) is 25.2. The molecule has 0 aliphatic heterocycles. The molecule has 8 heteroatoms. The second-order valence-electron chi connectivity index (χ2n) is 9.03. The van der Waals surface area contributed by atoms with Crippen molar-refractivity contribution < 1.29 is 13.9 Å². The molecule has 0 unspecified atom stereocenters. The number of tetrazole rings is 1. The number of unbranched alkanes of at least 4 members (excludes halogenated alkanes) is 3. The molecule has 2 aromatic heterocycles. The van der Waals surface area contributed by atoms with Crippen molar-refractivity contribution in [3.05, 3.63) is 83.9 Å². The van der Waals surface area contributed by atoms with Gasteiger partial charge in [0.05, 0.1) is 12.9 Å². The van der Waals surface area contributed by atoms with Crippen LogP contribution in [0.15, 0.2) is 71.3 Å². The molecule has 2 heterocycles. The Kier molecular flexibility index (Phi) is 8.86. The highest BCUT2D eigenvalue weighted by molar-refractivity contribution is 5.94. The maximum absolute atomic E-state index is 13.4. The van der Waals surface area contributed by atoms with E-state index in [1.165, 1.54) is 0 Å². The summed E-state index contributed by atoms with van der Waals surface area (Å²) in [5, 5.41) is 14.0. The number of amides is 1. The number of carbonyl (C=O) groups is 1. The van der Waals surface area contributed by atoms with Crippen molar-refractivity contribution in [1.82, 2.24) is 25.5 Å². The van der Waals surface area contributed by atoms with Crippen LogP contribution in [0.3, 0.4) is 0 Å². The number of carbonyl (C=O) groups excluding carboxylic acids is 1. The topological polar surface area (TPSA) is 97.1 Å². The van der Waals surface area contributed by atoms with Crippen LogP contribution < -0.4 is 4.74 Å². The summed E-state index contributed by atoms with van der Waals surface area (Å²) < 4.78 is 11.6. The Morgan fingerprint density at radius 2 is 1.81 bits per heavy atom. The minimum Gasteiger partial charge on any atom is -0.493 e. The molecule has 0 radical (unpaired) electrons. The van der Waals surface area contributed by atoms with Crippen LogP contribution in [0.5, 0.6) is 5.75 Å². The Morgan fingerprint density at radius 1 is 1.00 bits per heavy atom. The van der Waals surface area contributed by atoms with E-state index < -0.39 is 0 Å². The monoisotopic (exact) mass is 487 g/mol. The third-order valence-corrected chi connectivity index (χ3v) is 6.08. The average Bonchev–Trinajstić information content (AvgIpc) is 3.62. The van der Waals surface area contributed by atoms with Crippen molar-refractivity contribution in [3.63, 3.8) is 0 Å². The Labute approximate surface area is 211 Å². The molecule has 4 aromatic rings. The number of para-hydroxylation sites is 1. The van der Waals surface area contributed by atoms with Crippen LogP contribution >= 0.6 is 0 Å². The van der Waals surface area contributed by atoms with Crippen molar-refractivity contribution in [3.8, 4) is 17.1 Å². The number of nitrogens with one attached hydrogen (secondary N) is 1. The van der Waals surface area contributed by atoms with E-state index >= 15 is 0 Å². The Balaban J connectivity index is 1.31. The molecule has 8 nitrogen and oxygen atoms in total. The molecule has 36 heavy (non-hydrogen) atoms. The lowest BCUT2D eigenvalue weighted by Crippen LogP contribution is -2.36. The summed E-state index contributed by atoms with van der Waals surface area (Å²) >= 11 is 0. The van der Waals surface area contributed by atoms with Crippen LogP contribution in [-0.2, 0) is 13.0 Å². The number of H-pyrrole nitrogens is 1. The highest BCUT2D eigenvalue weighted by Gasteiger charge is 2.21. The maximum atomic E-state index is 13.4. The summed E-state index contributed by atoms with van der Waals surface area (Å²) in [6.45, 7) is 5.20. The number of ether oxygens (including phenoxy) is 1. The summed E-state index contributed by atoms with van der Waals surface area (Å²) in [7, 11) is 0. The highest BCUT2D eigenvalue weighted by Crippen LogP contribution is 2.24. The van der Waals surface area contributed by atoms with Gasteiger partial charge in [-0.2, -0.15) is 5.21 Å². The van der Waals surface area contributed by atoms with E-state index in [0.717, 1.165) is 60.6 Å². The van der Waals surface area contributed by atoms with E-state index in [4.69, 9.17) is 9.15 Å². The van der Waals surface area contributed by atoms with Gasteiger partial charge in [-0.3, -0.25) is 4.79 Å². The molecule has 1 N–H and O–H groups in total. The van der Waals surface area contributed by atoms with Crippen molar-refractivity contribution in [2.24, 2.45) is 0 Å². The molecule has 0 aliphatic rings. The van der Waals surface area contributed by atoms with Crippen LogP contribution in [0, 0.1) is 0 Å². The number of hydrogen-bond donors (Lipinski definition) is 1. The predicted octanol–water partition coefficient (Wildman–Crippen LogP) is 5.69. The third-order valence-electron chi connectivity index (χ3n) is 6.08. The summed E-state index contributed by atoms with van der Waals surface area (Å²) in [4.78, 5) is 15.3. The van der Waals surface area contributed by atoms with Crippen LogP contribution in [-0.4, -0.2) is 44.1 Å². The van der Waals surface area contributed by atoms with Gasteiger partial charge in [-0.25, -0.2) is 0 Å². The predicted molar refractivity (Wildman–Crippen MR) is 137 cm³/mol. The van der Waals surface area contributed by atoms with E-state index in [-0.39, 0.29) is 11.9 Å². The Morgan fingerprint density at radius 3 is 2.53 bits per heavy atom. The van der Waals surface area contributed by atoms with Gasteiger partial charge in [0, 0.05) is 35.7 Å². The number of rotatable bonds is 13. The molecule has 1 amide bonds. The zero-order valence-electron chi connectivity index (χ0n) is 20.9. The van der Waals surface area contributed by atoms with Crippen LogP contribution in [0.25, 0.3) is 11.3 Å². The van der Waals surface area contributed by atoms with Gasteiger partial charge in [-0.15, -0.1) is 10.2 Å². The van der Waals surface area contributed by atoms with Crippen molar-refractivity contribution in [2.75, 3.05) is 6.61 Å². The first-order valence-electron chi connectivity index (χ1n) is 12.5. The van der Waals surface area contributed by atoms with Crippen LogP contribution in [0.4, 0.5) is 0 Å². The molecule has 0 saturated carbocycles. The number of nitrogens with zero attached hydrogens (tertiary/aromatic N) is 4. The second kappa shape index (κ2) is 12.7. The van der Waals surface area contributed by atoms with Gasteiger partial charge in [0.15, 0.2) is 5.82 Å². The smallest absolute Gasteiger partial charge is 0.254 e. The fourth-order valence-corrected chi connectivity index (χ4v) is 4.04. The minimum absolute atomic E-state index is 0.00704. The van der Waals surface area contributed by atoms with Gasteiger partial charge in [0.1, 0.15) is 11.5 Å². The van der Waals surface area contributed by atoms with Gasteiger partial charge in [-0.05, 0) is 57.0 Å². The van der Waals surface area contributed by atoms with Crippen molar-refractivity contribution in [2.45, 2.75) is 58.5 Å². The van der Waals surface area contributed by atoms with Crippen molar-refractivity contribution >= 4 is 5.91 Å². The third kappa shape index (κ3) is 6.81. The molecule has 0 atom stereocenters. The van der Waals surface area contributed by atoms with Gasteiger partial charge < -0.3 is 14.1 Å². The van der Waals surface area contributed by atoms with E-state index in [1.807, 2.05) is 79.4 Å². The fraction of sp³-hybridized carbons (Fsp3) is 0.357. The molecule has 0 bridgehead atoms. The van der Waals surface area contributed by atoms with Gasteiger partial charge in [-0.1, -0.05) is 48.4 Å². The Hall–Kier alpha value is -3.94. The zero-order valence-corrected chi connectivity index (χ0v) is 20.9. The molecule has 188 valence electrons. The first-order valence-corrected chi connectivity index (χ1v) is 12.5. The summed E-state index contributed by atoms with van der Waals surface area (Å²) in [5.74, 6) is 2.37. The number of aryl methyl sites for hydroxylation is 1. The molecular formula is C28H33N5O3. The lowest BCUT2D eigenvalue weighted by Gasteiger charge is -2.28. The normalized spacial score (nSPS) is 11.1. The quantitative estimate of drug-likeness (QED) is 0.243. The molecule has 2 aromatic carbocycles. The van der Waals surface area contributed by atoms with Crippen LogP contribution in [0.1, 0.15) is 61.3 Å². The second-order valence-corrected chi connectivity index (χ2v) is 9.03. The van der Waals surface area contributed by atoms with Crippen molar-refractivity contribution in [1.29, 1.82) is 0 Å². The molecule has 4 rings (SSSR count). The maximum Gasteiger partial charge on any atom is 0.254 e. The summed E-state index contributed by atoms with van der Waals surface area (Å²) in [5.41, 5.74) is 2.60. The molecule has 0 fully saturated rings. The lowest BCUT2D eigenvalue weighted by molar-refractivity contribution is 0.0688. The minimum atomic E-state index is -0.00704. The highest BCUT2D eigenvalue weighted by atomic mass is 16.5. The first-order chi connectivity index (χ1) is 17.6. The average molecular weight is 488 g/mol. The van der Waals surface area contributed by atoms with E-state index in [1.54, 1.807) is 6.26 Å². The molecule has 0 spiro atoms. The van der Waals surface area contributed by atoms with E-state index in [0.29, 0.717) is 18.7 Å². The molecule has 0 saturated heterocycles. The number of hydrogen-bond acceptors (Lipinski definition) is 6. The van der Waals surface area contributed by atoms with Crippen LogP contribution in [0.2, 0.25) is 0 Å². The summed E-state index contributed by atoms with van der Waals surface area (Å²) in [6, 6.07) is 19.3. The number of aromatic amines is 1.